The molecule has 3 aromatic rings. The van der Waals surface area contributed by atoms with Gasteiger partial charge in [0.25, 0.3) is 5.91 Å². The Balaban J connectivity index is 1.47. The van der Waals surface area contributed by atoms with E-state index in [1.54, 1.807) is 30.5 Å². The van der Waals surface area contributed by atoms with Crippen molar-refractivity contribution in [2.75, 3.05) is 12.3 Å². The van der Waals surface area contributed by atoms with Crippen LogP contribution in [0.5, 0.6) is 0 Å². The molecule has 0 aliphatic rings. The minimum Gasteiger partial charge on any atom is -0.351 e. The summed E-state index contributed by atoms with van der Waals surface area (Å²) in [4.78, 5) is 19.5. The number of benzene rings is 2. The molecule has 0 saturated carbocycles. The normalized spacial score (nSPS) is 10.6. The van der Waals surface area contributed by atoms with Gasteiger partial charge in [0.1, 0.15) is 5.82 Å². The summed E-state index contributed by atoms with van der Waals surface area (Å²) in [6, 6.07) is 13.5. The highest BCUT2D eigenvalue weighted by Gasteiger charge is 2.06. The Morgan fingerprint density at radius 1 is 1.16 bits per heavy atom. The molecule has 1 amide bonds. The van der Waals surface area contributed by atoms with E-state index in [1.807, 2.05) is 12.1 Å². The maximum atomic E-state index is 13.0. The lowest BCUT2D eigenvalue weighted by molar-refractivity contribution is 0.0956. The van der Waals surface area contributed by atoms with Crippen LogP contribution < -0.4 is 5.32 Å². The molecule has 0 aliphatic heterocycles. The third kappa shape index (κ3) is 4.93. The molecule has 0 radical (unpaired) electrons. The second-order valence-corrected chi connectivity index (χ2v) is 7.22. The second-order valence-electron chi connectivity index (χ2n) is 5.22. The molecular formula is C18H15BrFN3OS. The third-order valence-electron chi connectivity index (χ3n) is 3.44. The minimum absolute atomic E-state index is 0.0976. The van der Waals surface area contributed by atoms with Gasteiger partial charge in [0.15, 0.2) is 5.16 Å². The van der Waals surface area contributed by atoms with Gasteiger partial charge in [-0.1, -0.05) is 27.7 Å². The summed E-state index contributed by atoms with van der Waals surface area (Å²) in [5, 5.41) is 3.64. The van der Waals surface area contributed by atoms with Crippen molar-refractivity contribution in [2.24, 2.45) is 0 Å². The molecule has 0 unspecified atom stereocenters. The van der Waals surface area contributed by atoms with E-state index in [4.69, 9.17) is 0 Å². The van der Waals surface area contributed by atoms with Crippen LogP contribution in [-0.4, -0.2) is 28.2 Å². The third-order valence-corrected chi connectivity index (χ3v) is 4.86. The molecule has 128 valence electrons. The average molecular weight is 420 g/mol. The summed E-state index contributed by atoms with van der Waals surface area (Å²) in [5.74, 6) is 0.331. The number of hydrogen-bond acceptors (Lipinski definition) is 3. The molecule has 0 saturated heterocycles. The molecule has 1 aromatic heterocycles. The maximum Gasteiger partial charge on any atom is 0.251 e. The summed E-state index contributed by atoms with van der Waals surface area (Å²) in [7, 11) is 0. The highest BCUT2D eigenvalue weighted by atomic mass is 79.9. The number of H-pyrrole nitrogens is 1. The first-order valence-electron chi connectivity index (χ1n) is 7.59. The number of hydrogen-bond donors (Lipinski definition) is 2. The van der Waals surface area contributed by atoms with Crippen LogP contribution in [0, 0.1) is 5.82 Å². The fraction of sp³-hybridized carbons (Fsp3) is 0.111. The van der Waals surface area contributed by atoms with Crippen molar-refractivity contribution in [1.82, 2.24) is 15.3 Å². The van der Waals surface area contributed by atoms with Gasteiger partial charge in [0.2, 0.25) is 0 Å². The van der Waals surface area contributed by atoms with Crippen molar-refractivity contribution < 1.29 is 9.18 Å². The molecule has 4 nitrogen and oxygen atoms in total. The van der Waals surface area contributed by atoms with Gasteiger partial charge in [-0.05, 0) is 54.1 Å². The molecule has 7 heteroatoms. The van der Waals surface area contributed by atoms with Crippen molar-refractivity contribution in [2.45, 2.75) is 5.16 Å². The first kappa shape index (κ1) is 17.7. The fourth-order valence-electron chi connectivity index (χ4n) is 2.17. The molecular weight excluding hydrogens is 405 g/mol. The number of nitrogens with zero attached hydrogens (tertiary/aromatic N) is 1. The Morgan fingerprint density at radius 3 is 2.60 bits per heavy atom. The van der Waals surface area contributed by atoms with E-state index in [2.05, 4.69) is 31.2 Å². The largest absolute Gasteiger partial charge is 0.351 e. The van der Waals surface area contributed by atoms with Gasteiger partial charge in [0.05, 0.1) is 11.9 Å². The Labute approximate surface area is 157 Å². The van der Waals surface area contributed by atoms with Crippen LogP contribution >= 0.6 is 27.7 Å². The SMILES string of the molecule is O=C(NCCSc1ncc(-c2ccc(F)cc2)[nH]1)c1ccc(Br)cc1. The number of amides is 1. The van der Waals surface area contributed by atoms with Crippen LogP contribution in [0.1, 0.15) is 10.4 Å². The van der Waals surface area contributed by atoms with Crippen LogP contribution in [-0.2, 0) is 0 Å². The summed E-state index contributed by atoms with van der Waals surface area (Å²) < 4.78 is 13.9. The Bertz CT molecular complexity index is 850. The zero-order valence-corrected chi connectivity index (χ0v) is 15.5. The van der Waals surface area contributed by atoms with Crippen molar-refractivity contribution in [1.29, 1.82) is 0 Å². The van der Waals surface area contributed by atoms with Gasteiger partial charge in [0, 0.05) is 22.3 Å². The Hall–Kier alpha value is -2.12. The second kappa shape index (κ2) is 8.31. The molecule has 2 aromatic carbocycles. The van der Waals surface area contributed by atoms with Gasteiger partial charge in [-0.3, -0.25) is 4.79 Å². The van der Waals surface area contributed by atoms with Gasteiger partial charge >= 0.3 is 0 Å². The zero-order chi connectivity index (χ0) is 17.6. The van der Waals surface area contributed by atoms with E-state index in [1.165, 1.54) is 23.9 Å². The first-order valence-corrected chi connectivity index (χ1v) is 9.37. The Morgan fingerprint density at radius 2 is 1.88 bits per heavy atom. The molecule has 0 fully saturated rings. The summed E-state index contributed by atoms with van der Waals surface area (Å²) in [6.07, 6.45) is 1.72. The Kier molecular flexibility index (Phi) is 5.88. The molecule has 0 spiro atoms. The monoisotopic (exact) mass is 419 g/mol. The van der Waals surface area contributed by atoms with Crippen LogP contribution in [0.2, 0.25) is 0 Å². The van der Waals surface area contributed by atoms with E-state index >= 15 is 0 Å². The molecule has 0 atom stereocenters. The van der Waals surface area contributed by atoms with E-state index in [9.17, 15) is 9.18 Å². The summed E-state index contributed by atoms with van der Waals surface area (Å²) >= 11 is 4.86. The number of aromatic amines is 1. The molecule has 25 heavy (non-hydrogen) atoms. The van der Waals surface area contributed by atoms with Crippen LogP contribution in [0.4, 0.5) is 4.39 Å². The zero-order valence-electron chi connectivity index (χ0n) is 13.1. The van der Waals surface area contributed by atoms with Gasteiger partial charge < -0.3 is 10.3 Å². The number of carbonyl (C=O) groups excluding carboxylic acids is 1. The van der Waals surface area contributed by atoms with Crippen molar-refractivity contribution in [3.63, 3.8) is 0 Å². The number of carbonyl (C=O) groups is 1. The number of aromatic nitrogens is 2. The number of halogens is 2. The quantitative estimate of drug-likeness (QED) is 0.456. The highest BCUT2D eigenvalue weighted by Crippen LogP contribution is 2.21. The van der Waals surface area contributed by atoms with Crippen LogP contribution in [0.3, 0.4) is 0 Å². The molecule has 0 bridgehead atoms. The first-order chi connectivity index (χ1) is 12.1. The highest BCUT2D eigenvalue weighted by molar-refractivity contribution is 9.10. The van der Waals surface area contributed by atoms with E-state index in [0.717, 1.165) is 20.9 Å². The predicted octanol–water partition coefficient (Wildman–Crippen LogP) is 4.50. The van der Waals surface area contributed by atoms with E-state index in [-0.39, 0.29) is 11.7 Å². The topological polar surface area (TPSA) is 57.8 Å². The lowest BCUT2D eigenvalue weighted by Crippen LogP contribution is -2.25. The minimum atomic E-state index is -0.264. The average Bonchev–Trinajstić information content (AvgIpc) is 3.09. The maximum absolute atomic E-state index is 13.0. The molecule has 1 heterocycles. The molecule has 3 rings (SSSR count). The number of imidazole rings is 1. The van der Waals surface area contributed by atoms with Gasteiger partial charge in [-0.25, -0.2) is 9.37 Å². The molecule has 2 N–H and O–H groups in total. The molecule has 0 aliphatic carbocycles. The van der Waals surface area contributed by atoms with Gasteiger partial charge in [-0.2, -0.15) is 0 Å². The lowest BCUT2D eigenvalue weighted by Gasteiger charge is -2.04. The number of rotatable bonds is 6. The van der Waals surface area contributed by atoms with E-state index in [0.29, 0.717) is 17.9 Å². The lowest BCUT2D eigenvalue weighted by atomic mass is 10.2. The predicted molar refractivity (Wildman–Crippen MR) is 101 cm³/mol. The summed E-state index contributed by atoms with van der Waals surface area (Å²) in [6.45, 7) is 0.534. The van der Waals surface area contributed by atoms with Crippen LogP contribution in [0.25, 0.3) is 11.3 Å². The van der Waals surface area contributed by atoms with Crippen molar-refractivity contribution in [3.05, 3.63) is 70.6 Å². The van der Waals surface area contributed by atoms with Crippen molar-refractivity contribution in [3.8, 4) is 11.3 Å². The van der Waals surface area contributed by atoms with Crippen molar-refractivity contribution >= 4 is 33.6 Å². The van der Waals surface area contributed by atoms with E-state index < -0.39 is 0 Å². The summed E-state index contributed by atoms with van der Waals surface area (Å²) in [5.41, 5.74) is 2.34. The smallest absolute Gasteiger partial charge is 0.251 e. The van der Waals surface area contributed by atoms with Gasteiger partial charge in [-0.15, -0.1) is 0 Å². The number of thioether (sulfide) groups is 1. The number of nitrogens with one attached hydrogen (secondary N) is 2. The fourth-order valence-corrected chi connectivity index (χ4v) is 3.14. The standard InChI is InChI=1S/C18H15BrFN3OS/c19-14-5-1-13(2-6-14)17(24)21-9-10-25-18-22-11-16(23-18)12-3-7-15(20)8-4-12/h1-8,11H,9-10H2,(H,21,24)(H,22,23). The van der Waals surface area contributed by atoms with Crippen LogP contribution in [0.15, 0.2) is 64.4 Å².